The van der Waals surface area contributed by atoms with E-state index >= 15 is 0 Å². The van der Waals surface area contributed by atoms with Gasteiger partial charge in [-0.25, -0.2) is 0 Å². The molecule has 22 heavy (non-hydrogen) atoms. The number of carbonyl (C=O) groups excluding carboxylic acids is 2. The third kappa shape index (κ3) is 3.41. The number of hydrogen-bond acceptors (Lipinski definition) is 3. The third-order valence-corrected chi connectivity index (χ3v) is 3.49. The molecule has 0 aromatic heterocycles. The Morgan fingerprint density at radius 2 is 1.91 bits per heavy atom. The van der Waals surface area contributed by atoms with Crippen LogP contribution in [0.3, 0.4) is 0 Å². The van der Waals surface area contributed by atoms with Crippen LogP contribution >= 0.6 is 0 Å². The number of amides is 2. The Morgan fingerprint density at radius 1 is 1.23 bits per heavy atom. The molecule has 0 aliphatic rings. The molecule has 0 saturated heterocycles. The van der Waals surface area contributed by atoms with Gasteiger partial charge in [-0.05, 0) is 30.2 Å². The molecule has 2 rings (SSSR count). The highest BCUT2D eigenvalue weighted by Crippen LogP contribution is 2.18. The van der Waals surface area contributed by atoms with E-state index in [1.807, 2.05) is 36.4 Å². The number of carbonyl (C=O) groups is 2. The van der Waals surface area contributed by atoms with Crippen molar-refractivity contribution in [3.05, 3.63) is 48.0 Å². The molecular formula is C17H17N3O2. The van der Waals surface area contributed by atoms with Gasteiger partial charge in [0.15, 0.2) is 0 Å². The average molecular weight is 295 g/mol. The van der Waals surface area contributed by atoms with E-state index in [-0.39, 0.29) is 18.2 Å². The summed E-state index contributed by atoms with van der Waals surface area (Å²) in [5.41, 5.74) is 5.80. The number of nitrogens with two attached hydrogens (primary N) is 1. The van der Waals surface area contributed by atoms with Gasteiger partial charge < -0.3 is 11.1 Å². The number of benzene rings is 2. The minimum atomic E-state index is -0.860. The minimum absolute atomic E-state index is 0.197. The largest absolute Gasteiger partial charge is 0.368 e. The van der Waals surface area contributed by atoms with Crippen LogP contribution < -0.4 is 11.1 Å². The van der Waals surface area contributed by atoms with E-state index in [0.29, 0.717) is 5.56 Å². The molecule has 112 valence electrons. The van der Waals surface area contributed by atoms with E-state index in [0.717, 1.165) is 10.8 Å². The quantitative estimate of drug-likeness (QED) is 0.882. The van der Waals surface area contributed by atoms with Crippen LogP contribution in [-0.2, 0) is 4.79 Å². The van der Waals surface area contributed by atoms with Crippen molar-refractivity contribution in [2.24, 2.45) is 11.7 Å². The number of rotatable bonds is 5. The van der Waals surface area contributed by atoms with Crippen LogP contribution in [0.5, 0.6) is 0 Å². The third-order valence-electron chi connectivity index (χ3n) is 3.49. The van der Waals surface area contributed by atoms with Gasteiger partial charge in [0.05, 0.1) is 6.07 Å². The molecule has 0 fully saturated rings. The molecule has 2 aromatic rings. The van der Waals surface area contributed by atoms with Crippen molar-refractivity contribution >= 4 is 22.6 Å². The Morgan fingerprint density at radius 3 is 2.59 bits per heavy atom. The Kier molecular flexibility index (Phi) is 4.74. The second-order valence-electron chi connectivity index (χ2n) is 5.22. The normalized spacial score (nSPS) is 13.1. The first kappa shape index (κ1) is 15.5. The summed E-state index contributed by atoms with van der Waals surface area (Å²) in [6.07, 6.45) is 0.197. The SMILES string of the molecule is C[C@@H](C#N)C[C@H](NC(=O)c1cccc2ccccc12)C(N)=O. The summed E-state index contributed by atoms with van der Waals surface area (Å²) in [4.78, 5) is 23.9. The van der Waals surface area contributed by atoms with E-state index in [9.17, 15) is 9.59 Å². The van der Waals surface area contributed by atoms with Gasteiger partial charge in [-0.3, -0.25) is 9.59 Å². The molecular weight excluding hydrogens is 278 g/mol. The molecule has 5 heteroatoms. The molecule has 0 saturated carbocycles. The predicted octanol–water partition coefficient (Wildman–Crippen LogP) is 1.97. The molecule has 0 aliphatic heterocycles. The summed E-state index contributed by atoms with van der Waals surface area (Å²) in [6.45, 7) is 1.68. The second kappa shape index (κ2) is 6.72. The lowest BCUT2D eigenvalue weighted by Crippen LogP contribution is -2.45. The lowest BCUT2D eigenvalue weighted by molar-refractivity contribution is -0.120. The molecule has 0 unspecified atom stereocenters. The van der Waals surface area contributed by atoms with Crippen LogP contribution in [0.1, 0.15) is 23.7 Å². The average Bonchev–Trinajstić information content (AvgIpc) is 2.53. The van der Waals surface area contributed by atoms with Crippen molar-refractivity contribution in [2.75, 3.05) is 0 Å². The standard InChI is InChI=1S/C17H17N3O2/c1-11(10-18)9-15(16(19)21)20-17(22)14-8-4-6-12-5-2-3-7-13(12)14/h2-8,11,15H,9H2,1H3,(H2,19,21)(H,20,22)/t11-,15+/m1/s1. The summed E-state index contributed by atoms with van der Waals surface area (Å²) in [5.74, 6) is -1.38. The fraction of sp³-hybridized carbons (Fsp3) is 0.235. The van der Waals surface area contributed by atoms with Crippen molar-refractivity contribution in [3.8, 4) is 6.07 Å². The zero-order valence-electron chi connectivity index (χ0n) is 12.2. The second-order valence-corrected chi connectivity index (χ2v) is 5.22. The lowest BCUT2D eigenvalue weighted by atomic mass is 10.0. The highest BCUT2D eigenvalue weighted by molar-refractivity contribution is 6.08. The molecule has 3 N–H and O–H groups in total. The zero-order chi connectivity index (χ0) is 16.1. The monoisotopic (exact) mass is 295 g/mol. The predicted molar refractivity (Wildman–Crippen MR) is 83.8 cm³/mol. The first-order valence-electron chi connectivity index (χ1n) is 7.00. The number of nitrogens with one attached hydrogen (secondary N) is 1. The summed E-state index contributed by atoms with van der Waals surface area (Å²) < 4.78 is 0. The van der Waals surface area contributed by atoms with Crippen LogP contribution in [0.15, 0.2) is 42.5 Å². The fourth-order valence-electron chi connectivity index (χ4n) is 2.31. The number of primary amides is 1. The van der Waals surface area contributed by atoms with E-state index in [1.54, 1.807) is 19.1 Å². The Hall–Kier alpha value is -2.87. The van der Waals surface area contributed by atoms with E-state index in [4.69, 9.17) is 11.0 Å². The van der Waals surface area contributed by atoms with Gasteiger partial charge in [-0.2, -0.15) is 5.26 Å². The van der Waals surface area contributed by atoms with Crippen molar-refractivity contribution in [1.82, 2.24) is 5.32 Å². The highest BCUT2D eigenvalue weighted by Gasteiger charge is 2.22. The van der Waals surface area contributed by atoms with Gasteiger partial charge in [0, 0.05) is 11.5 Å². The number of hydrogen-bond donors (Lipinski definition) is 2. The van der Waals surface area contributed by atoms with Crippen LogP contribution in [0.2, 0.25) is 0 Å². The first-order valence-corrected chi connectivity index (χ1v) is 7.00. The Labute approximate surface area is 128 Å². The molecule has 0 spiro atoms. The summed E-state index contributed by atoms with van der Waals surface area (Å²) in [7, 11) is 0. The van der Waals surface area contributed by atoms with Crippen LogP contribution in [0.4, 0.5) is 0 Å². The van der Waals surface area contributed by atoms with Crippen molar-refractivity contribution in [2.45, 2.75) is 19.4 Å². The topological polar surface area (TPSA) is 96.0 Å². The van der Waals surface area contributed by atoms with E-state index < -0.39 is 11.9 Å². The first-order chi connectivity index (χ1) is 10.5. The smallest absolute Gasteiger partial charge is 0.252 e. The van der Waals surface area contributed by atoms with Gasteiger partial charge in [0.2, 0.25) is 5.91 Å². The number of nitriles is 1. The zero-order valence-corrected chi connectivity index (χ0v) is 12.2. The lowest BCUT2D eigenvalue weighted by Gasteiger charge is -2.17. The maximum absolute atomic E-state index is 12.4. The molecule has 0 radical (unpaired) electrons. The van der Waals surface area contributed by atoms with Gasteiger partial charge in [0.1, 0.15) is 6.04 Å². The van der Waals surface area contributed by atoms with Crippen LogP contribution in [0.25, 0.3) is 10.8 Å². The van der Waals surface area contributed by atoms with E-state index in [2.05, 4.69) is 5.32 Å². The van der Waals surface area contributed by atoms with Crippen LogP contribution in [0, 0.1) is 17.2 Å². The maximum atomic E-state index is 12.4. The van der Waals surface area contributed by atoms with Gasteiger partial charge in [-0.15, -0.1) is 0 Å². The van der Waals surface area contributed by atoms with Gasteiger partial charge in [0.25, 0.3) is 5.91 Å². The van der Waals surface area contributed by atoms with Gasteiger partial charge in [-0.1, -0.05) is 36.4 Å². The van der Waals surface area contributed by atoms with Crippen LogP contribution in [-0.4, -0.2) is 17.9 Å². The van der Waals surface area contributed by atoms with Crippen molar-refractivity contribution in [1.29, 1.82) is 5.26 Å². The van der Waals surface area contributed by atoms with Gasteiger partial charge >= 0.3 is 0 Å². The number of fused-ring (bicyclic) bond motifs is 1. The summed E-state index contributed by atoms with van der Waals surface area (Å²) in [6, 6.07) is 14.1. The molecule has 2 aromatic carbocycles. The molecule has 5 nitrogen and oxygen atoms in total. The maximum Gasteiger partial charge on any atom is 0.252 e. The number of nitrogens with zero attached hydrogens (tertiary/aromatic N) is 1. The molecule has 2 atom stereocenters. The van der Waals surface area contributed by atoms with Crippen molar-refractivity contribution in [3.63, 3.8) is 0 Å². The summed E-state index contributed by atoms with van der Waals surface area (Å²) >= 11 is 0. The van der Waals surface area contributed by atoms with Crippen molar-refractivity contribution < 1.29 is 9.59 Å². The molecule has 0 heterocycles. The Balaban J connectivity index is 2.26. The minimum Gasteiger partial charge on any atom is -0.368 e. The summed E-state index contributed by atoms with van der Waals surface area (Å²) in [5, 5.41) is 13.2. The molecule has 0 aliphatic carbocycles. The Bertz CT molecular complexity index is 744. The highest BCUT2D eigenvalue weighted by atomic mass is 16.2. The fourth-order valence-corrected chi connectivity index (χ4v) is 2.31. The van der Waals surface area contributed by atoms with E-state index in [1.165, 1.54) is 0 Å². The molecule has 2 amide bonds. The molecule has 0 bridgehead atoms.